The van der Waals surface area contributed by atoms with Gasteiger partial charge in [-0.2, -0.15) is 0 Å². The monoisotopic (exact) mass is 781 g/mol. The lowest BCUT2D eigenvalue weighted by Crippen LogP contribution is -2.48. The van der Waals surface area contributed by atoms with Crippen LogP contribution in [0.5, 0.6) is 5.75 Å². The Balaban J connectivity index is 1.18. The van der Waals surface area contributed by atoms with Crippen LogP contribution in [0.2, 0.25) is 0 Å². The number of thiazole rings is 1. The minimum atomic E-state index is -0.934. The minimum Gasteiger partial charge on any atom is -0.497 e. The number of anilines is 2. The van der Waals surface area contributed by atoms with Crippen LogP contribution < -0.4 is 25.8 Å². The Kier molecular flexibility index (Phi) is 10.6. The number of rotatable bonds is 14. The molecule has 0 fully saturated rings. The fourth-order valence-electron chi connectivity index (χ4n) is 6.09. The van der Waals surface area contributed by atoms with Gasteiger partial charge in [-0.1, -0.05) is 12.1 Å². The summed E-state index contributed by atoms with van der Waals surface area (Å²) in [6.45, 7) is 1.38. The summed E-state index contributed by atoms with van der Waals surface area (Å²) >= 11 is 1.28. The van der Waals surface area contributed by atoms with Crippen molar-refractivity contribution in [3.63, 3.8) is 0 Å². The molecule has 288 valence electrons. The number of hydrogen-bond donors (Lipinski definition) is 3. The number of pyridine rings is 1. The lowest BCUT2D eigenvalue weighted by atomic mass is 10.1. The van der Waals surface area contributed by atoms with Crippen molar-refractivity contribution in [2.75, 3.05) is 57.6 Å². The van der Waals surface area contributed by atoms with E-state index in [0.717, 1.165) is 11.3 Å². The maximum Gasteiger partial charge on any atom is 0.359 e. The fraction of sp³-hybridized carbons (Fsp3) is 0.278. The van der Waals surface area contributed by atoms with Gasteiger partial charge >= 0.3 is 11.9 Å². The summed E-state index contributed by atoms with van der Waals surface area (Å²) in [4.78, 5) is 66.8. The molecule has 0 aliphatic carbocycles. The molecule has 0 saturated heterocycles. The highest BCUT2D eigenvalue weighted by molar-refractivity contribution is 7.13. The first-order valence-electron chi connectivity index (χ1n) is 17.4. The molecule has 0 spiro atoms. The van der Waals surface area contributed by atoms with E-state index in [9.17, 15) is 19.2 Å². The summed E-state index contributed by atoms with van der Waals surface area (Å²) in [7, 11) is 5.12. The van der Waals surface area contributed by atoms with Gasteiger partial charge < -0.3 is 29.0 Å². The van der Waals surface area contributed by atoms with Gasteiger partial charge in [0.15, 0.2) is 17.5 Å². The van der Waals surface area contributed by atoms with Crippen molar-refractivity contribution in [3.8, 4) is 5.75 Å². The van der Waals surface area contributed by atoms with E-state index in [0.29, 0.717) is 54.3 Å². The number of carboxylic acids is 1. The van der Waals surface area contributed by atoms with Crippen LogP contribution in [-0.4, -0.2) is 114 Å². The van der Waals surface area contributed by atoms with Gasteiger partial charge in [0.05, 0.1) is 58.6 Å². The molecule has 0 bridgehead atoms. The standard InChI is InChI=1S/C36H36N12O7S/c1-48(2,21-30(49)50)16-12-37-33(52)34-39-26-11-14-45(20-27(26)55-34)31-25(8-9-28-42-43-44-47(28)19-22-4-6-24(54-3)7-5-22)35(53)46-15-10-23(18-29(46)40-31)32(51)41-36-38-13-17-56-36/h4-10,13,15,17-18H,11-12,14,16,19-21H2,1-3H3,(H2-,37,38,41,49,50,51,52)/p+1. The topological polar surface area (TPSA) is 225 Å². The molecule has 0 atom stereocenters. The number of quaternary nitrogens is 1. The van der Waals surface area contributed by atoms with Gasteiger partial charge in [-0.15, -0.1) is 16.4 Å². The summed E-state index contributed by atoms with van der Waals surface area (Å²) in [6, 6.07) is 10.6. The first kappa shape index (κ1) is 37.5. The maximum absolute atomic E-state index is 14.2. The minimum absolute atomic E-state index is 0.0928. The Morgan fingerprint density at radius 2 is 1.93 bits per heavy atom. The molecule has 6 heterocycles. The zero-order chi connectivity index (χ0) is 39.4. The number of hydrogen-bond acceptors (Lipinski definition) is 14. The lowest BCUT2D eigenvalue weighted by Gasteiger charge is -2.27. The Hall–Kier alpha value is -6.80. The fourth-order valence-corrected chi connectivity index (χ4v) is 6.62. The van der Waals surface area contributed by atoms with Crippen molar-refractivity contribution in [1.82, 2.24) is 44.9 Å². The van der Waals surface area contributed by atoms with Crippen molar-refractivity contribution in [2.24, 2.45) is 0 Å². The smallest absolute Gasteiger partial charge is 0.359 e. The number of carbonyl (C=O) groups is 3. The van der Waals surface area contributed by atoms with Crippen LogP contribution in [-0.2, 0) is 24.3 Å². The molecule has 19 nitrogen and oxygen atoms in total. The van der Waals surface area contributed by atoms with Gasteiger partial charge in [-0.3, -0.25) is 24.1 Å². The van der Waals surface area contributed by atoms with Crippen LogP contribution in [0.4, 0.5) is 10.9 Å². The Morgan fingerprint density at radius 1 is 1.11 bits per heavy atom. The number of carbonyl (C=O) groups excluding carboxylic acids is 2. The average Bonchev–Trinajstić information content (AvgIpc) is 3.95. The molecular weight excluding hydrogens is 745 g/mol. The summed E-state index contributed by atoms with van der Waals surface area (Å²) < 4.78 is 14.3. The number of nitrogens with one attached hydrogen (secondary N) is 2. The van der Waals surface area contributed by atoms with Gasteiger partial charge in [0, 0.05) is 36.3 Å². The van der Waals surface area contributed by atoms with E-state index in [1.807, 2.05) is 29.2 Å². The first-order valence-corrected chi connectivity index (χ1v) is 18.2. The molecule has 1 aliphatic rings. The second-order valence-electron chi connectivity index (χ2n) is 13.5. The molecule has 20 heteroatoms. The first-order chi connectivity index (χ1) is 27.0. The SMILES string of the molecule is COc1ccc(Cn2nnnc2C=Cc2c(N3CCc4nc(C(=O)NCC[N+](C)(C)CC(=O)O)oc4C3)nc3cc(C(=O)Nc4nccs4)ccn3c2=O)cc1. The second kappa shape index (κ2) is 15.9. The molecule has 1 aliphatic heterocycles. The Morgan fingerprint density at radius 3 is 2.68 bits per heavy atom. The van der Waals surface area contributed by atoms with Crippen molar-refractivity contribution < 1.29 is 33.1 Å². The third-order valence-electron chi connectivity index (χ3n) is 9.00. The quantitative estimate of drug-likeness (QED) is 0.135. The number of ether oxygens (including phenoxy) is 1. The Labute approximate surface area is 322 Å². The molecule has 6 aromatic rings. The number of aliphatic carboxylic acids is 1. The van der Waals surface area contributed by atoms with E-state index in [1.165, 1.54) is 34.1 Å². The molecule has 5 aromatic heterocycles. The number of amides is 2. The highest BCUT2D eigenvalue weighted by Gasteiger charge is 2.29. The summed E-state index contributed by atoms with van der Waals surface area (Å²) in [5.41, 5.74) is 1.85. The van der Waals surface area contributed by atoms with Crippen LogP contribution in [0, 0.1) is 0 Å². The summed E-state index contributed by atoms with van der Waals surface area (Å²) in [6.07, 6.45) is 6.70. The number of nitrogens with zero attached hydrogens (tertiary/aromatic N) is 10. The van der Waals surface area contributed by atoms with Gasteiger partial charge in [0.25, 0.3) is 17.4 Å². The number of aromatic nitrogens is 8. The van der Waals surface area contributed by atoms with Crippen LogP contribution in [0.1, 0.15) is 49.4 Å². The maximum atomic E-state index is 14.2. The number of likely N-dealkylation sites (N-methyl/N-ethyl adjacent to an activating group) is 1. The van der Waals surface area contributed by atoms with Crippen LogP contribution in [0.15, 0.2) is 63.4 Å². The van der Waals surface area contributed by atoms with Crippen molar-refractivity contribution >= 4 is 57.9 Å². The molecule has 0 radical (unpaired) electrons. The van der Waals surface area contributed by atoms with Gasteiger partial charge in [0.2, 0.25) is 0 Å². The van der Waals surface area contributed by atoms with Crippen molar-refractivity contribution in [2.45, 2.75) is 19.5 Å². The van der Waals surface area contributed by atoms with Crippen LogP contribution in [0.3, 0.4) is 0 Å². The highest BCUT2D eigenvalue weighted by Crippen LogP contribution is 2.27. The average molecular weight is 782 g/mol. The molecule has 0 unspecified atom stereocenters. The van der Waals surface area contributed by atoms with Gasteiger partial charge in [-0.25, -0.2) is 24.4 Å². The number of tetrazole rings is 1. The number of carboxylic acid groups (broad SMARTS) is 1. The van der Waals surface area contributed by atoms with E-state index < -0.39 is 23.3 Å². The number of methoxy groups -OCH3 is 1. The predicted molar refractivity (Wildman–Crippen MR) is 203 cm³/mol. The largest absolute Gasteiger partial charge is 0.497 e. The molecule has 0 saturated carbocycles. The summed E-state index contributed by atoms with van der Waals surface area (Å²) in [5.74, 6) is -0.138. The van der Waals surface area contributed by atoms with E-state index in [1.54, 1.807) is 49.6 Å². The third kappa shape index (κ3) is 8.45. The zero-order valence-electron chi connectivity index (χ0n) is 30.6. The molecular formula is C36H37N12O7S+. The van der Waals surface area contributed by atoms with Gasteiger partial charge in [0.1, 0.15) is 23.0 Å². The van der Waals surface area contributed by atoms with Crippen LogP contribution >= 0.6 is 11.3 Å². The van der Waals surface area contributed by atoms with E-state index in [4.69, 9.17) is 19.2 Å². The zero-order valence-corrected chi connectivity index (χ0v) is 31.4. The normalized spacial score (nSPS) is 12.9. The van der Waals surface area contributed by atoms with Crippen molar-refractivity contribution in [1.29, 1.82) is 0 Å². The number of fused-ring (bicyclic) bond motifs is 2. The third-order valence-corrected chi connectivity index (χ3v) is 9.69. The molecule has 56 heavy (non-hydrogen) atoms. The van der Waals surface area contributed by atoms with Gasteiger partial charge in [-0.05, 0) is 52.4 Å². The van der Waals surface area contributed by atoms with E-state index in [-0.39, 0.29) is 46.8 Å². The second-order valence-corrected chi connectivity index (χ2v) is 14.4. The Bertz CT molecular complexity index is 2490. The predicted octanol–water partition coefficient (Wildman–Crippen LogP) is 2.06. The summed E-state index contributed by atoms with van der Waals surface area (Å²) in [5, 5.41) is 29.0. The molecule has 7 rings (SSSR count). The highest BCUT2D eigenvalue weighted by atomic mass is 32.1. The van der Waals surface area contributed by atoms with Crippen molar-refractivity contribution in [3.05, 3.63) is 104 Å². The number of benzene rings is 1. The van der Waals surface area contributed by atoms with Crippen LogP contribution in [0.25, 0.3) is 17.8 Å². The lowest BCUT2D eigenvalue weighted by molar-refractivity contribution is -0.881. The van der Waals surface area contributed by atoms with E-state index >= 15 is 0 Å². The molecule has 2 amide bonds. The molecule has 3 N–H and O–H groups in total. The molecule has 1 aromatic carbocycles. The van der Waals surface area contributed by atoms with E-state index in [2.05, 4.69) is 36.1 Å². The number of oxazole rings is 1.